The summed E-state index contributed by atoms with van der Waals surface area (Å²) in [4.78, 5) is 14.2. The molecule has 1 atom stereocenters. The second-order valence-electron chi connectivity index (χ2n) is 4.35. The molecule has 0 aliphatic heterocycles. The summed E-state index contributed by atoms with van der Waals surface area (Å²) in [6.07, 6.45) is 0.891. The number of halogens is 1. The zero-order chi connectivity index (χ0) is 13.4. The van der Waals surface area contributed by atoms with Crippen molar-refractivity contribution in [1.82, 2.24) is 10.6 Å². The molecule has 110 valence electrons. The summed E-state index contributed by atoms with van der Waals surface area (Å²) in [5.74, 6) is 0.0341. The van der Waals surface area contributed by atoms with E-state index in [0.717, 1.165) is 6.42 Å². The van der Waals surface area contributed by atoms with E-state index in [1.807, 2.05) is 6.92 Å². The van der Waals surface area contributed by atoms with Crippen molar-refractivity contribution in [3.63, 3.8) is 0 Å². The topological polar surface area (TPSA) is 50.4 Å². The zero-order valence-electron chi connectivity index (χ0n) is 11.7. The molecule has 6 heteroatoms. The van der Waals surface area contributed by atoms with Gasteiger partial charge in [-0.3, -0.25) is 4.79 Å². The van der Waals surface area contributed by atoms with E-state index < -0.39 is 0 Å². The second-order valence-corrected chi connectivity index (χ2v) is 5.73. The van der Waals surface area contributed by atoms with Crippen LogP contribution in [-0.2, 0) is 16.0 Å². The molecule has 1 amide bonds. The predicted molar refractivity (Wildman–Crippen MR) is 82.4 cm³/mol. The molecule has 0 spiro atoms. The normalized spacial score (nSPS) is 11.7. The van der Waals surface area contributed by atoms with Crippen molar-refractivity contribution >= 4 is 29.7 Å². The van der Waals surface area contributed by atoms with Gasteiger partial charge >= 0.3 is 0 Å². The van der Waals surface area contributed by atoms with Gasteiger partial charge in [-0.25, -0.2) is 0 Å². The summed E-state index contributed by atoms with van der Waals surface area (Å²) in [5, 5.41) is 6.00. The number of aryl methyl sites for hydroxylation is 1. The van der Waals surface area contributed by atoms with Gasteiger partial charge in [0.15, 0.2) is 0 Å². The second kappa shape index (κ2) is 10.2. The third-order valence-corrected chi connectivity index (χ3v) is 3.50. The first-order valence-electron chi connectivity index (χ1n) is 6.16. The Balaban J connectivity index is 0.00000324. The Morgan fingerprint density at radius 3 is 2.79 bits per heavy atom. The summed E-state index contributed by atoms with van der Waals surface area (Å²) in [5.41, 5.74) is 0. The molecule has 19 heavy (non-hydrogen) atoms. The monoisotopic (exact) mass is 306 g/mol. The van der Waals surface area contributed by atoms with Crippen molar-refractivity contribution in [2.45, 2.75) is 26.3 Å². The van der Waals surface area contributed by atoms with Gasteiger partial charge in [-0.15, -0.1) is 23.7 Å². The first-order valence-corrected chi connectivity index (χ1v) is 6.97. The van der Waals surface area contributed by atoms with Gasteiger partial charge in [0.2, 0.25) is 5.91 Å². The van der Waals surface area contributed by atoms with Gasteiger partial charge in [0.05, 0.1) is 13.2 Å². The molecule has 2 N–H and O–H groups in total. The number of carbonyl (C=O) groups excluding carboxylic acids is 1. The molecule has 1 aromatic rings. The van der Waals surface area contributed by atoms with E-state index in [9.17, 15) is 4.79 Å². The van der Waals surface area contributed by atoms with Crippen LogP contribution in [0.15, 0.2) is 12.1 Å². The summed E-state index contributed by atoms with van der Waals surface area (Å²) < 4.78 is 4.89. The molecule has 0 fully saturated rings. The molecule has 0 saturated carbocycles. The van der Waals surface area contributed by atoms with Crippen LogP contribution in [0.3, 0.4) is 0 Å². The van der Waals surface area contributed by atoms with Gasteiger partial charge in [0.25, 0.3) is 0 Å². The fourth-order valence-electron chi connectivity index (χ4n) is 1.65. The number of ether oxygens (including phenoxy) is 1. The highest BCUT2D eigenvalue weighted by Gasteiger charge is 2.08. The van der Waals surface area contributed by atoms with Crippen molar-refractivity contribution in [3.8, 4) is 0 Å². The van der Waals surface area contributed by atoms with Crippen LogP contribution in [0, 0.1) is 6.92 Å². The van der Waals surface area contributed by atoms with Crippen LogP contribution in [0.1, 0.15) is 16.7 Å². The molecule has 1 rings (SSSR count). The predicted octanol–water partition coefficient (Wildman–Crippen LogP) is 1.76. The number of hydrogen-bond donors (Lipinski definition) is 2. The maximum Gasteiger partial charge on any atom is 0.234 e. The average Bonchev–Trinajstić information content (AvgIpc) is 2.70. The Morgan fingerprint density at radius 2 is 2.21 bits per heavy atom. The number of nitrogens with one attached hydrogen (secondary N) is 2. The highest BCUT2D eigenvalue weighted by Crippen LogP contribution is 2.16. The lowest BCUT2D eigenvalue weighted by Crippen LogP contribution is -2.40. The van der Waals surface area contributed by atoms with Gasteiger partial charge < -0.3 is 15.4 Å². The van der Waals surface area contributed by atoms with Crippen LogP contribution in [-0.4, -0.2) is 38.8 Å². The lowest BCUT2D eigenvalue weighted by molar-refractivity contribution is -0.120. The summed E-state index contributed by atoms with van der Waals surface area (Å²) in [7, 11) is 1.65. The van der Waals surface area contributed by atoms with E-state index in [-0.39, 0.29) is 24.4 Å². The molecule has 0 aliphatic carbocycles. The minimum atomic E-state index is 0. The molecule has 1 aromatic heterocycles. The van der Waals surface area contributed by atoms with E-state index in [1.165, 1.54) is 9.75 Å². The van der Waals surface area contributed by atoms with Crippen molar-refractivity contribution in [3.05, 3.63) is 21.9 Å². The highest BCUT2D eigenvalue weighted by atomic mass is 35.5. The van der Waals surface area contributed by atoms with E-state index in [1.54, 1.807) is 18.4 Å². The zero-order valence-corrected chi connectivity index (χ0v) is 13.3. The molecule has 0 aromatic carbocycles. The van der Waals surface area contributed by atoms with Crippen LogP contribution >= 0.6 is 23.7 Å². The Labute approximate surface area is 125 Å². The van der Waals surface area contributed by atoms with E-state index >= 15 is 0 Å². The third kappa shape index (κ3) is 8.21. The first kappa shape index (κ1) is 18.4. The van der Waals surface area contributed by atoms with E-state index in [4.69, 9.17) is 4.74 Å². The maximum atomic E-state index is 11.6. The number of hydrogen-bond acceptors (Lipinski definition) is 4. The molecule has 1 unspecified atom stereocenters. The molecule has 0 bridgehead atoms. The first-order chi connectivity index (χ1) is 8.61. The number of thiophene rings is 1. The maximum absolute atomic E-state index is 11.6. The summed E-state index contributed by atoms with van der Waals surface area (Å²) in [6, 6.07) is 4.40. The Morgan fingerprint density at radius 1 is 1.47 bits per heavy atom. The van der Waals surface area contributed by atoms with E-state index in [0.29, 0.717) is 19.7 Å². The molecule has 4 nitrogen and oxygen atoms in total. The standard InChI is InChI=1S/C13H22N2O2S.ClH/c1-10(8-12-5-4-11(2)18-12)15-13(16)9-14-6-7-17-3;/h4-5,10,14H,6-9H2,1-3H3,(H,15,16);1H. The molecular weight excluding hydrogens is 284 g/mol. The quantitative estimate of drug-likeness (QED) is 0.720. The van der Waals surface area contributed by atoms with Crippen LogP contribution in [0.4, 0.5) is 0 Å². The van der Waals surface area contributed by atoms with Gasteiger partial charge in [-0.1, -0.05) is 0 Å². The highest BCUT2D eigenvalue weighted by molar-refractivity contribution is 7.11. The van der Waals surface area contributed by atoms with Crippen LogP contribution < -0.4 is 10.6 Å². The molecule has 0 saturated heterocycles. The third-order valence-electron chi connectivity index (χ3n) is 2.48. The number of rotatable bonds is 8. The van der Waals surface area contributed by atoms with Crippen LogP contribution in [0.5, 0.6) is 0 Å². The fraction of sp³-hybridized carbons (Fsp3) is 0.615. The smallest absolute Gasteiger partial charge is 0.234 e. The van der Waals surface area contributed by atoms with Crippen LogP contribution in [0.2, 0.25) is 0 Å². The number of methoxy groups -OCH3 is 1. The number of carbonyl (C=O) groups is 1. The largest absolute Gasteiger partial charge is 0.383 e. The Kier molecular flexibility index (Phi) is 9.87. The van der Waals surface area contributed by atoms with Gasteiger partial charge in [0, 0.05) is 35.9 Å². The molecule has 0 aliphatic rings. The van der Waals surface area contributed by atoms with Crippen molar-refractivity contribution in [1.29, 1.82) is 0 Å². The van der Waals surface area contributed by atoms with E-state index in [2.05, 4.69) is 29.7 Å². The van der Waals surface area contributed by atoms with Gasteiger partial charge in [-0.05, 0) is 26.0 Å². The van der Waals surface area contributed by atoms with Gasteiger partial charge in [0.1, 0.15) is 0 Å². The lowest BCUT2D eigenvalue weighted by Gasteiger charge is -2.13. The molecular formula is C13H23ClN2O2S. The van der Waals surface area contributed by atoms with Crippen molar-refractivity contribution in [2.75, 3.05) is 26.8 Å². The van der Waals surface area contributed by atoms with Gasteiger partial charge in [-0.2, -0.15) is 0 Å². The van der Waals surface area contributed by atoms with Crippen molar-refractivity contribution < 1.29 is 9.53 Å². The van der Waals surface area contributed by atoms with Crippen molar-refractivity contribution in [2.24, 2.45) is 0 Å². The number of amides is 1. The minimum Gasteiger partial charge on any atom is -0.383 e. The van der Waals surface area contributed by atoms with Crippen LogP contribution in [0.25, 0.3) is 0 Å². The lowest BCUT2D eigenvalue weighted by atomic mass is 10.2. The Hall–Kier alpha value is -0.620. The average molecular weight is 307 g/mol. The minimum absolute atomic E-state index is 0. The Bertz CT molecular complexity index is 371. The SMILES string of the molecule is COCCNCC(=O)NC(C)Cc1ccc(C)s1.Cl. The molecule has 0 radical (unpaired) electrons. The molecule has 1 heterocycles. The fourth-order valence-corrected chi connectivity index (χ4v) is 2.67. The summed E-state index contributed by atoms with van der Waals surface area (Å²) in [6.45, 7) is 5.79. The summed E-state index contributed by atoms with van der Waals surface area (Å²) >= 11 is 1.78.